The molecule has 0 spiro atoms. The first-order chi connectivity index (χ1) is 8.31. The monoisotopic (exact) mass is 248 g/mol. The van der Waals surface area contributed by atoms with Gasteiger partial charge in [-0.2, -0.15) is 0 Å². The molecule has 1 aromatic heterocycles. The van der Waals surface area contributed by atoms with Gasteiger partial charge in [-0.1, -0.05) is 24.3 Å². The van der Waals surface area contributed by atoms with E-state index in [9.17, 15) is 4.79 Å². The molecule has 0 saturated carbocycles. The normalized spacial score (nSPS) is 10.2. The molecular formula is C13H12O3S. The molecule has 1 heterocycles. The minimum Gasteiger partial charge on any atom is -0.485 e. The summed E-state index contributed by atoms with van der Waals surface area (Å²) in [5.41, 5.74) is 0.687. The van der Waals surface area contributed by atoms with Crippen LogP contribution in [0.2, 0.25) is 0 Å². The standard InChI is InChI=1S/C13H12O3S/c14-8-10-4-1-2-5-12(10)16-9-11(15)13-6-3-7-17-13/h1-7,14H,8-9H2. The number of carbonyl (C=O) groups is 1. The van der Waals surface area contributed by atoms with Gasteiger partial charge in [-0.3, -0.25) is 4.79 Å². The number of hydrogen-bond acceptors (Lipinski definition) is 4. The number of aliphatic hydroxyl groups is 1. The van der Waals surface area contributed by atoms with Crippen LogP contribution in [0.4, 0.5) is 0 Å². The van der Waals surface area contributed by atoms with Gasteiger partial charge in [-0.05, 0) is 17.5 Å². The maximum Gasteiger partial charge on any atom is 0.210 e. The molecule has 88 valence electrons. The smallest absolute Gasteiger partial charge is 0.210 e. The Morgan fingerprint density at radius 1 is 1.24 bits per heavy atom. The summed E-state index contributed by atoms with van der Waals surface area (Å²) in [4.78, 5) is 12.4. The second-order valence-electron chi connectivity index (χ2n) is 3.45. The van der Waals surface area contributed by atoms with Crippen molar-refractivity contribution < 1.29 is 14.6 Å². The van der Waals surface area contributed by atoms with E-state index < -0.39 is 0 Å². The van der Waals surface area contributed by atoms with Crippen LogP contribution < -0.4 is 4.74 Å². The van der Waals surface area contributed by atoms with E-state index in [1.807, 2.05) is 23.6 Å². The minimum absolute atomic E-state index is 0.00245. The summed E-state index contributed by atoms with van der Waals surface area (Å²) in [6.07, 6.45) is 0. The molecule has 3 nitrogen and oxygen atoms in total. The molecule has 2 rings (SSSR count). The van der Waals surface area contributed by atoms with Crippen molar-refractivity contribution in [1.29, 1.82) is 0 Å². The molecule has 4 heteroatoms. The number of rotatable bonds is 5. The topological polar surface area (TPSA) is 46.5 Å². The van der Waals surface area contributed by atoms with E-state index in [0.717, 1.165) is 0 Å². The zero-order valence-corrected chi connectivity index (χ0v) is 9.94. The highest BCUT2D eigenvalue weighted by Gasteiger charge is 2.09. The first-order valence-corrected chi connectivity index (χ1v) is 6.07. The minimum atomic E-state index is -0.0939. The first-order valence-electron chi connectivity index (χ1n) is 5.19. The molecule has 0 aliphatic carbocycles. The van der Waals surface area contributed by atoms with Crippen molar-refractivity contribution in [2.75, 3.05) is 6.61 Å². The molecule has 2 aromatic rings. The Morgan fingerprint density at radius 3 is 2.76 bits per heavy atom. The average Bonchev–Trinajstić information content (AvgIpc) is 2.90. The van der Waals surface area contributed by atoms with E-state index in [0.29, 0.717) is 16.2 Å². The molecule has 1 aromatic carbocycles. The fourth-order valence-electron chi connectivity index (χ4n) is 1.43. The van der Waals surface area contributed by atoms with Crippen LogP contribution in [0.3, 0.4) is 0 Å². The Kier molecular flexibility index (Phi) is 3.90. The zero-order chi connectivity index (χ0) is 12.1. The number of Topliss-reactive ketones (excluding diaryl/α,β-unsaturated/α-hetero) is 1. The molecule has 1 N–H and O–H groups in total. The second-order valence-corrected chi connectivity index (χ2v) is 4.40. The molecule has 0 aliphatic rings. The van der Waals surface area contributed by atoms with E-state index in [1.165, 1.54) is 11.3 Å². The molecule has 0 unspecified atom stereocenters. The van der Waals surface area contributed by atoms with Crippen LogP contribution in [0.5, 0.6) is 5.75 Å². The largest absolute Gasteiger partial charge is 0.485 e. The van der Waals surface area contributed by atoms with Crippen molar-refractivity contribution in [3.8, 4) is 5.75 Å². The number of ketones is 1. The van der Waals surface area contributed by atoms with E-state index >= 15 is 0 Å². The molecule has 0 aliphatic heterocycles. The summed E-state index contributed by atoms with van der Waals surface area (Å²) in [7, 11) is 0. The van der Waals surface area contributed by atoms with Gasteiger partial charge < -0.3 is 9.84 Å². The van der Waals surface area contributed by atoms with Gasteiger partial charge in [0.15, 0.2) is 6.61 Å². The number of ether oxygens (including phenoxy) is 1. The third-order valence-electron chi connectivity index (χ3n) is 2.30. The van der Waals surface area contributed by atoms with Crippen LogP contribution in [-0.2, 0) is 6.61 Å². The van der Waals surface area contributed by atoms with Gasteiger partial charge in [-0.15, -0.1) is 11.3 Å². The fraction of sp³-hybridized carbons (Fsp3) is 0.154. The molecule has 0 atom stereocenters. The van der Waals surface area contributed by atoms with Gasteiger partial charge in [-0.25, -0.2) is 0 Å². The van der Waals surface area contributed by atoms with Crippen molar-refractivity contribution in [3.63, 3.8) is 0 Å². The Balaban J connectivity index is 2.00. The van der Waals surface area contributed by atoms with E-state index in [-0.39, 0.29) is 19.0 Å². The summed E-state index contributed by atoms with van der Waals surface area (Å²) in [5.74, 6) is 0.507. The third-order valence-corrected chi connectivity index (χ3v) is 3.21. The van der Waals surface area contributed by atoms with Gasteiger partial charge in [0.25, 0.3) is 0 Å². The third kappa shape index (κ3) is 2.93. The van der Waals surface area contributed by atoms with E-state index in [2.05, 4.69) is 0 Å². The molecule has 0 bridgehead atoms. The number of aliphatic hydroxyl groups excluding tert-OH is 1. The van der Waals surface area contributed by atoms with Crippen molar-refractivity contribution in [2.45, 2.75) is 6.61 Å². The van der Waals surface area contributed by atoms with Gasteiger partial charge in [0.1, 0.15) is 5.75 Å². The summed E-state index contributed by atoms with van der Waals surface area (Å²) in [6, 6.07) is 10.7. The SMILES string of the molecule is O=C(COc1ccccc1CO)c1cccs1. The van der Waals surface area contributed by atoms with Crippen LogP contribution in [0.25, 0.3) is 0 Å². The predicted octanol–water partition coefficient (Wildman–Crippen LogP) is 2.50. The summed E-state index contributed by atoms with van der Waals surface area (Å²) < 4.78 is 5.41. The second kappa shape index (κ2) is 5.61. The van der Waals surface area contributed by atoms with Gasteiger partial charge in [0.05, 0.1) is 11.5 Å². The Bertz CT molecular complexity index is 491. The molecular weight excluding hydrogens is 236 g/mol. The van der Waals surface area contributed by atoms with Gasteiger partial charge in [0.2, 0.25) is 5.78 Å². The quantitative estimate of drug-likeness (QED) is 0.827. The van der Waals surface area contributed by atoms with E-state index in [4.69, 9.17) is 9.84 Å². The van der Waals surface area contributed by atoms with Crippen LogP contribution >= 0.6 is 11.3 Å². The lowest BCUT2D eigenvalue weighted by atomic mass is 10.2. The Hall–Kier alpha value is -1.65. The number of hydrogen-bond donors (Lipinski definition) is 1. The highest BCUT2D eigenvalue weighted by atomic mass is 32.1. The molecule has 0 fully saturated rings. The molecule has 0 radical (unpaired) electrons. The van der Waals surface area contributed by atoms with Crippen LogP contribution in [0.1, 0.15) is 15.2 Å². The van der Waals surface area contributed by atoms with Gasteiger partial charge >= 0.3 is 0 Å². The Morgan fingerprint density at radius 2 is 2.06 bits per heavy atom. The first kappa shape index (κ1) is 11.8. The molecule has 17 heavy (non-hydrogen) atoms. The number of benzene rings is 1. The van der Waals surface area contributed by atoms with Crippen molar-refractivity contribution >= 4 is 17.1 Å². The van der Waals surface area contributed by atoms with E-state index in [1.54, 1.807) is 18.2 Å². The number of thiophene rings is 1. The maximum atomic E-state index is 11.7. The van der Waals surface area contributed by atoms with Crippen molar-refractivity contribution in [1.82, 2.24) is 0 Å². The van der Waals surface area contributed by atoms with Crippen LogP contribution in [-0.4, -0.2) is 17.5 Å². The highest BCUT2D eigenvalue weighted by Crippen LogP contribution is 2.18. The van der Waals surface area contributed by atoms with Gasteiger partial charge in [0, 0.05) is 5.56 Å². The van der Waals surface area contributed by atoms with Crippen molar-refractivity contribution in [2.24, 2.45) is 0 Å². The molecule has 0 saturated heterocycles. The maximum absolute atomic E-state index is 11.7. The summed E-state index contributed by atoms with van der Waals surface area (Å²) >= 11 is 1.40. The summed E-state index contributed by atoms with van der Waals surface area (Å²) in [6.45, 7) is -0.0963. The average molecular weight is 248 g/mol. The Labute approximate surface area is 103 Å². The lowest BCUT2D eigenvalue weighted by Gasteiger charge is -2.08. The summed E-state index contributed by atoms with van der Waals surface area (Å²) in [5, 5.41) is 11.0. The number of para-hydroxylation sites is 1. The fourth-order valence-corrected chi connectivity index (χ4v) is 2.08. The van der Waals surface area contributed by atoms with Crippen molar-refractivity contribution in [3.05, 3.63) is 52.2 Å². The number of carbonyl (C=O) groups excluding carboxylic acids is 1. The molecule has 0 amide bonds. The lowest BCUT2D eigenvalue weighted by Crippen LogP contribution is -2.11. The van der Waals surface area contributed by atoms with Crippen LogP contribution in [0.15, 0.2) is 41.8 Å². The highest BCUT2D eigenvalue weighted by molar-refractivity contribution is 7.12. The lowest BCUT2D eigenvalue weighted by molar-refractivity contribution is 0.0923. The zero-order valence-electron chi connectivity index (χ0n) is 9.13. The van der Waals surface area contributed by atoms with Crippen LogP contribution in [0, 0.1) is 0 Å². The predicted molar refractivity (Wildman–Crippen MR) is 66.5 cm³/mol.